The molecule has 0 bridgehead atoms. The Morgan fingerprint density at radius 2 is 1.57 bits per heavy atom. The molecule has 1 nitrogen and oxygen atoms in total. The van der Waals surface area contributed by atoms with Crippen molar-refractivity contribution in [1.29, 1.82) is 0 Å². The van der Waals surface area contributed by atoms with Crippen molar-refractivity contribution < 1.29 is 0 Å². The molecule has 0 saturated carbocycles. The Balaban J connectivity index is 2.52. The first-order valence-corrected chi connectivity index (χ1v) is 9.35. The summed E-state index contributed by atoms with van der Waals surface area (Å²) in [5, 5.41) is 3.67. The number of rotatable bonds is 5. The largest absolute Gasteiger partial charge is 0.306 e. The van der Waals surface area contributed by atoms with Crippen LogP contribution in [-0.4, -0.2) is 6.54 Å². The van der Waals surface area contributed by atoms with E-state index in [0.717, 1.165) is 26.4 Å². The van der Waals surface area contributed by atoms with Crippen LogP contribution >= 0.6 is 47.8 Å². The Kier molecular flexibility index (Phi) is 6.48. The summed E-state index contributed by atoms with van der Waals surface area (Å²) in [5.74, 6) is 0. The molecule has 2 aromatic rings. The summed E-state index contributed by atoms with van der Waals surface area (Å²) in [5.41, 5.74) is 3.84. The Morgan fingerprint density at radius 1 is 0.952 bits per heavy atom. The Bertz CT molecular complexity index is 574. The molecule has 0 aliphatic rings. The van der Waals surface area contributed by atoms with Crippen LogP contribution in [-0.2, 0) is 0 Å². The zero-order chi connectivity index (χ0) is 15.4. The molecule has 0 fully saturated rings. The van der Waals surface area contributed by atoms with Crippen molar-refractivity contribution in [3.63, 3.8) is 0 Å². The first-order chi connectivity index (χ1) is 10.0. The average molecular weight is 476 g/mol. The summed E-state index contributed by atoms with van der Waals surface area (Å²) >= 11 is 10.9. The van der Waals surface area contributed by atoms with Crippen molar-refractivity contribution in [1.82, 2.24) is 5.32 Å². The van der Waals surface area contributed by atoms with Crippen molar-refractivity contribution in [2.24, 2.45) is 0 Å². The minimum absolute atomic E-state index is 0.175. The highest BCUT2D eigenvalue weighted by atomic mass is 79.9. The van der Waals surface area contributed by atoms with Crippen molar-refractivity contribution >= 4 is 47.8 Å². The highest BCUT2D eigenvalue weighted by molar-refractivity contribution is 9.11. The fourth-order valence-electron chi connectivity index (χ4n) is 2.33. The molecule has 0 heterocycles. The highest BCUT2D eigenvalue weighted by Gasteiger charge is 2.18. The van der Waals surface area contributed by atoms with Gasteiger partial charge >= 0.3 is 0 Å². The van der Waals surface area contributed by atoms with E-state index in [1.54, 1.807) is 0 Å². The molecule has 1 unspecified atom stereocenters. The van der Waals surface area contributed by atoms with Gasteiger partial charge in [-0.2, -0.15) is 0 Å². The molecule has 2 aromatic carbocycles. The van der Waals surface area contributed by atoms with E-state index in [4.69, 9.17) is 0 Å². The minimum atomic E-state index is 0.175. The van der Waals surface area contributed by atoms with Gasteiger partial charge in [0.05, 0.1) is 6.04 Å². The smallest absolute Gasteiger partial charge is 0.0591 e. The second-order valence-electron chi connectivity index (χ2n) is 5.05. The van der Waals surface area contributed by atoms with E-state index in [1.165, 1.54) is 16.7 Å². The SMILES string of the molecule is CCCNC(c1cc(Br)ccc1C)c1cc(Br)ccc1Br. The Hall–Kier alpha value is -0.160. The average Bonchev–Trinajstić information content (AvgIpc) is 2.46. The van der Waals surface area contributed by atoms with Gasteiger partial charge in [-0.05, 0) is 66.9 Å². The van der Waals surface area contributed by atoms with Gasteiger partial charge in [-0.25, -0.2) is 0 Å². The molecule has 4 heteroatoms. The lowest BCUT2D eigenvalue weighted by Crippen LogP contribution is -2.24. The monoisotopic (exact) mass is 473 g/mol. The number of hydrogen-bond acceptors (Lipinski definition) is 1. The fraction of sp³-hybridized carbons (Fsp3) is 0.294. The van der Waals surface area contributed by atoms with Crippen molar-refractivity contribution in [2.45, 2.75) is 26.3 Å². The Morgan fingerprint density at radius 3 is 2.24 bits per heavy atom. The Labute approximate surface area is 151 Å². The summed E-state index contributed by atoms with van der Waals surface area (Å²) in [4.78, 5) is 0. The van der Waals surface area contributed by atoms with E-state index in [-0.39, 0.29) is 6.04 Å². The van der Waals surface area contributed by atoms with Gasteiger partial charge in [0.25, 0.3) is 0 Å². The molecule has 0 aliphatic carbocycles. The minimum Gasteiger partial charge on any atom is -0.306 e. The first-order valence-electron chi connectivity index (χ1n) is 6.97. The molecular formula is C17H18Br3N. The van der Waals surface area contributed by atoms with Gasteiger partial charge in [-0.15, -0.1) is 0 Å². The highest BCUT2D eigenvalue weighted by Crippen LogP contribution is 2.33. The van der Waals surface area contributed by atoms with Gasteiger partial charge < -0.3 is 5.32 Å². The van der Waals surface area contributed by atoms with Crippen LogP contribution in [0.15, 0.2) is 49.8 Å². The molecule has 1 N–H and O–H groups in total. The summed E-state index contributed by atoms with van der Waals surface area (Å²) < 4.78 is 3.33. The van der Waals surface area contributed by atoms with Crippen molar-refractivity contribution in [2.75, 3.05) is 6.54 Å². The number of benzene rings is 2. The van der Waals surface area contributed by atoms with E-state index < -0.39 is 0 Å². The third-order valence-corrected chi connectivity index (χ3v) is 5.13. The van der Waals surface area contributed by atoms with Gasteiger partial charge in [-0.3, -0.25) is 0 Å². The zero-order valence-corrected chi connectivity index (χ0v) is 16.8. The van der Waals surface area contributed by atoms with Crippen LogP contribution in [0.2, 0.25) is 0 Å². The maximum absolute atomic E-state index is 3.69. The lowest BCUT2D eigenvalue weighted by atomic mass is 9.95. The van der Waals surface area contributed by atoms with Gasteiger partial charge in [-0.1, -0.05) is 60.8 Å². The second-order valence-corrected chi connectivity index (χ2v) is 7.74. The standard InChI is InChI=1S/C17H18Br3N/c1-3-8-21-17(14-9-12(18)5-4-11(14)2)15-10-13(19)6-7-16(15)20/h4-7,9-10,17,21H,3,8H2,1-2H3. The van der Waals surface area contributed by atoms with E-state index in [2.05, 4.69) is 103 Å². The molecule has 112 valence electrons. The van der Waals surface area contributed by atoms with Crippen LogP contribution < -0.4 is 5.32 Å². The number of aryl methyl sites for hydroxylation is 1. The molecular weight excluding hydrogens is 458 g/mol. The van der Waals surface area contributed by atoms with E-state index in [9.17, 15) is 0 Å². The predicted octanol–water partition coefficient (Wildman–Crippen LogP) is 6.37. The molecule has 0 saturated heterocycles. The van der Waals surface area contributed by atoms with E-state index >= 15 is 0 Å². The quantitative estimate of drug-likeness (QED) is 0.529. The van der Waals surface area contributed by atoms with Gasteiger partial charge in [0.15, 0.2) is 0 Å². The molecule has 0 radical (unpaired) electrons. The maximum atomic E-state index is 3.69. The van der Waals surface area contributed by atoms with Crippen LogP contribution in [0.5, 0.6) is 0 Å². The summed E-state index contributed by atoms with van der Waals surface area (Å²) in [6.07, 6.45) is 1.11. The molecule has 1 atom stereocenters. The molecule has 2 rings (SSSR count). The molecule has 0 aliphatic heterocycles. The second kappa shape index (κ2) is 7.91. The first kappa shape index (κ1) is 17.2. The van der Waals surface area contributed by atoms with Gasteiger partial charge in [0.2, 0.25) is 0 Å². The van der Waals surface area contributed by atoms with Crippen LogP contribution in [0.25, 0.3) is 0 Å². The summed E-state index contributed by atoms with van der Waals surface area (Å²) in [6, 6.07) is 13.0. The van der Waals surface area contributed by atoms with Gasteiger partial charge in [0, 0.05) is 13.4 Å². The van der Waals surface area contributed by atoms with Gasteiger partial charge in [0.1, 0.15) is 0 Å². The lowest BCUT2D eigenvalue weighted by molar-refractivity contribution is 0.594. The summed E-state index contributed by atoms with van der Waals surface area (Å²) in [7, 11) is 0. The third-order valence-electron chi connectivity index (χ3n) is 3.42. The number of hydrogen-bond donors (Lipinski definition) is 1. The van der Waals surface area contributed by atoms with Crippen molar-refractivity contribution in [3.05, 3.63) is 66.5 Å². The van der Waals surface area contributed by atoms with Crippen LogP contribution in [0.1, 0.15) is 36.1 Å². The predicted molar refractivity (Wildman–Crippen MR) is 101 cm³/mol. The van der Waals surface area contributed by atoms with Crippen molar-refractivity contribution in [3.8, 4) is 0 Å². The number of nitrogens with one attached hydrogen (secondary N) is 1. The molecule has 21 heavy (non-hydrogen) atoms. The third kappa shape index (κ3) is 4.41. The molecule has 0 spiro atoms. The topological polar surface area (TPSA) is 12.0 Å². The van der Waals surface area contributed by atoms with Crippen LogP contribution in [0.4, 0.5) is 0 Å². The fourth-order valence-corrected chi connectivity index (χ4v) is 3.57. The molecule has 0 amide bonds. The van der Waals surface area contributed by atoms with E-state index in [1.807, 2.05) is 0 Å². The number of halogens is 3. The van der Waals surface area contributed by atoms with Crippen LogP contribution in [0.3, 0.4) is 0 Å². The molecule has 0 aromatic heterocycles. The van der Waals surface area contributed by atoms with Crippen LogP contribution in [0, 0.1) is 6.92 Å². The normalized spacial score (nSPS) is 12.4. The maximum Gasteiger partial charge on any atom is 0.0591 e. The zero-order valence-electron chi connectivity index (χ0n) is 12.1. The summed E-state index contributed by atoms with van der Waals surface area (Å²) in [6.45, 7) is 5.33. The van der Waals surface area contributed by atoms with E-state index in [0.29, 0.717) is 0 Å². The lowest BCUT2D eigenvalue weighted by Gasteiger charge is -2.23.